The van der Waals surface area contributed by atoms with Crippen molar-refractivity contribution in [3.63, 3.8) is 0 Å². The van der Waals surface area contributed by atoms with Gasteiger partial charge in [-0.15, -0.1) is 0 Å². The van der Waals surface area contributed by atoms with Crippen molar-refractivity contribution in [2.75, 3.05) is 13.1 Å². The second-order valence-electron chi connectivity index (χ2n) is 11.1. The number of allylic oxidation sites excluding steroid dienone is 4. The highest BCUT2D eigenvalue weighted by Crippen LogP contribution is 2.43. The molecular weight excluding hydrogens is 496 g/mol. The van der Waals surface area contributed by atoms with E-state index >= 15 is 0 Å². The molecule has 0 saturated carbocycles. The van der Waals surface area contributed by atoms with Crippen LogP contribution in [0.1, 0.15) is 70.2 Å². The minimum Gasteiger partial charge on any atom is -0.444 e. The van der Waals surface area contributed by atoms with Gasteiger partial charge in [-0.2, -0.15) is 0 Å². The first-order valence-corrected chi connectivity index (χ1v) is 13.8. The summed E-state index contributed by atoms with van der Waals surface area (Å²) in [4.78, 5) is 24.0. The number of hydrogen-bond acceptors (Lipinski definition) is 4. The number of likely N-dealkylation sites (tertiary alicyclic amines) is 1. The number of aliphatic imine (C=N–C) groups is 1. The summed E-state index contributed by atoms with van der Waals surface area (Å²) in [6.45, 7) is 13.9. The van der Waals surface area contributed by atoms with Crippen LogP contribution in [0.25, 0.3) is 6.08 Å². The molecule has 6 nitrogen and oxygen atoms in total. The zero-order chi connectivity index (χ0) is 27.4. The van der Waals surface area contributed by atoms with Gasteiger partial charge in [0, 0.05) is 48.7 Å². The standard InChI is InChI=1S/C31H39ClN4O2/c1-7-13-34-29-26(8-2)24(19-36-20-33-18-21(36)3)16-23-17-25(32)9-10-27(23)28(29)22-11-14-35(15-12-22)30(37)38-31(4,5)6/h7-10,13,16-18,20,22,28H,11-12,14-15,19H2,1-6H3/b13-7-,26-8-,34-29-. The molecular formula is C31H39ClN4O2. The van der Waals surface area contributed by atoms with Gasteiger partial charge in [-0.25, -0.2) is 9.78 Å². The molecule has 202 valence electrons. The summed E-state index contributed by atoms with van der Waals surface area (Å²) in [5.74, 6) is 0.387. The van der Waals surface area contributed by atoms with Gasteiger partial charge in [0.25, 0.3) is 0 Å². The Labute approximate surface area is 231 Å². The molecule has 1 saturated heterocycles. The van der Waals surface area contributed by atoms with Crippen molar-refractivity contribution < 1.29 is 9.53 Å². The van der Waals surface area contributed by atoms with E-state index in [4.69, 9.17) is 21.3 Å². The fourth-order valence-electron chi connectivity index (χ4n) is 5.42. The molecule has 1 aliphatic carbocycles. The number of aryl methyl sites for hydroxylation is 1. The Morgan fingerprint density at radius 2 is 1.97 bits per heavy atom. The summed E-state index contributed by atoms with van der Waals surface area (Å²) in [7, 11) is 0. The van der Waals surface area contributed by atoms with Crippen LogP contribution in [0.2, 0.25) is 5.02 Å². The summed E-state index contributed by atoms with van der Waals surface area (Å²) < 4.78 is 7.80. The molecule has 7 heteroatoms. The molecule has 1 aromatic carbocycles. The highest BCUT2D eigenvalue weighted by molar-refractivity contribution is 6.30. The molecule has 1 unspecified atom stereocenters. The Bertz CT molecular complexity index is 1290. The zero-order valence-corrected chi connectivity index (χ0v) is 24.1. The fraction of sp³-hybridized carbons (Fsp3) is 0.452. The molecule has 0 bridgehead atoms. The summed E-state index contributed by atoms with van der Waals surface area (Å²) >= 11 is 6.52. The van der Waals surface area contributed by atoms with Gasteiger partial charge in [0.05, 0.1) is 12.0 Å². The first-order chi connectivity index (χ1) is 18.1. The molecule has 1 aliphatic heterocycles. The van der Waals surface area contributed by atoms with E-state index in [2.05, 4.69) is 47.7 Å². The number of carbonyl (C=O) groups excluding carboxylic acids is 1. The van der Waals surface area contributed by atoms with Crippen LogP contribution < -0.4 is 0 Å². The number of halogens is 1. The quantitative estimate of drug-likeness (QED) is 0.406. The topological polar surface area (TPSA) is 59.7 Å². The number of benzene rings is 1. The van der Waals surface area contributed by atoms with Crippen molar-refractivity contribution in [3.8, 4) is 0 Å². The number of imidazole rings is 1. The molecule has 0 radical (unpaired) electrons. The van der Waals surface area contributed by atoms with E-state index in [0.717, 1.165) is 35.4 Å². The molecule has 2 aliphatic rings. The van der Waals surface area contributed by atoms with Crippen molar-refractivity contribution in [1.82, 2.24) is 14.5 Å². The molecule has 2 aromatic rings. The lowest BCUT2D eigenvalue weighted by molar-refractivity contribution is 0.0181. The van der Waals surface area contributed by atoms with Crippen LogP contribution >= 0.6 is 11.6 Å². The van der Waals surface area contributed by atoms with Crippen LogP contribution in [0.5, 0.6) is 0 Å². The van der Waals surface area contributed by atoms with Crippen molar-refractivity contribution in [1.29, 1.82) is 0 Å². The van der Waals surface area contributed by atoms with Crippen LogP contribution in [0, 0.1) is 12.8 Å². The van der Waals surface area contributed by atoms with E-state index in [1.165, 1.54) is 11.1 Å². The van der Waals surface area contributed by atoms with Crippen LogP contribution in [0.15, 0.2) is 65.2 Å². The summed E-state index contributed by atoms with van der Waals surface area (Å²) in [6.07, 6.45) is 13.6. The van der Waals surface area contributed by atoms with Gasteiger partial charge in [0.2, 0.25) is 0 Å². The Kier molecular flexibility index (Phi) is 8.61. The number of rotatable bonds is 4. The lowest BCUT2D eigenvalue weighted by Gasteiger charge is -2.37. The molecule has 1 amide bonds. The number of aromatic nitrogens is 2. The molecule has 1 atom stereocenters. The number of nitrogens with zero attached hydrogens (tertiary/aromatic N) is 4. The molecule has 2 heterocycles. The molecule has 0 spiro atoms. The van der Waals surface area contributed by atoms with Gasteiger partial charge in [0.1, 0.15) is 5.60 Å². The highest BCUT2D eigenvalue weighted by atomic mass is 35.5. The summed E-state index contributed by atoms with van der Waals surface area (Å²) in [5, 5.41) is 0.715. The molecule has 0 N–H and O–H groups in total. The Morgan fingerprint density at radius 3 is 2.58 bits per heavy atom. The van der Waals surface area contributed by atoms with Gasteiger partial charge >= 0.3 is 6.09 Å². The van der Waals surface area contributed by atoms with E-state index < -0.39 is 5.60 Å². The third kappa shape index (κ3) is 6.29. The maximum absolute atomic E-state index is 12.7. The highest BCUT2D eigenvalue weighted by Gasteiger charge is 2.37. The van der Waals surface area contributed by atoms with Gasteiger partial charge in [0.15, 0.2) is 0 Å². The number of fused-ring (bicyclic) bond motifs is 1. The second-order valence-corrected chi connectivity index (χ2v) is 11.5. The molecule has 1 fully saturated rings. The van der Waals surface area contributed by atoms with Crippen LogP contribution in [-0.2, 0) is 11.3 Å². The monoisotopic (exact) mass is 534 g/mol. The average Bonchev–Trinajstić information content (AvgIpc) is 3.21. The van der Waals surface area contributed by atoms with Crippen LogP contribution in [0.3, 0.4) is 0 Å². The van der Waals surface area contributed by atoms with Crippen molar-refractivity contribution in [2.45, 2.75) is 72.4 Å². The first kappa shape index (κ1) is 27.9. The van der Waals surface area contributed by atoms with Gasteiger partial charge in [-0.05, 0) is 101 Å². The van der Waals surface area contributed by atoms with Crippen molar-refractivity contribution in [2.24, 2.45) is 10.9 Å². The molecule has 4 rings (SSSR count). The first-order valence-electron chi connectivity index (χ1n) is 13.4. The third-order valence-electron chi connectivity index (χ3n) is 7.21. The number of piperidine rings is 1. The molecule has 1 aromatic heterocycles. The van der Waals surface area contributed by atoms with Gasteiger partial charge in [-0.3, -0.25) is 4.99 Å². The summed E-state index contributed by atoms with van der Waals surface area (Å²) in [5.41, 5.74) is 6.33. The van der Waals surface area contributed by atoms with Gasteiger partial charge in [-0.1, -0.05) is 29.8 Å². The fourth-order valence-corrected chi connectivity index (χ4v) is 5.60. The lowest BCUT2D eigenvalue weighted by Crippen LogP contribution is -2.43. The maximum atomic E-state index is 12.7. The summed E-state index contributed by atoms with van der Waals surface area (Å²) in [6, 6.07) is 6.19. The number of hydrogen-bond donors (Lipinski definition) is 0. The van der Waals surface area contributed by atoms with E-state index in [1.807, 2.05) is 63.5 Å². The predicted octanol–water partition coefficient (Wildman–Crippen LogP) is 7.59. The average molecular weight is 535 g/mol. The normalized spacial score (nSPS) is 21.1. The largest absolute Gasteiger partial charge is 0.444 e. The smallest absolute Gasteiger partial charge is 0.410 e. The van der Waals surface area contributed by atoms with Crippen LogP contribution in [-0.4, -0.2) is 44.9 Å². The van der Waals surface area contributed by atoms with E-state index in [1.54, 1.807) is 0 Å². The molecule has 38 heavy (non-hydrogen) atoms. The van der Waals surface area contributed by atoms with E-state index in [0.29, 0.717) is 30.6 Å². The minimum atomic E-state index is -0.504. The van der Waals surface area contributed by atoms with E-state index in [-0.39, 0.29) is 12.0 Å². The van der Waals surface area contributed by atoms with E-state index in [9.17, 15) is 4.79 Å². The van der Waals surface area contributed by atoms with Gasteiger partial charge < -0.3 is 14.2 Å². The predicted molar refractivity (Wildman–Crippen MR) is 156 cm³/mol. The van der Waals surface area contributed by atoms with Crippen LogP contribution in [0.4, 0.5) is 4.79 Å². The Balaban J connectivity index is 1.74. The Hall–Kier alpha value is -3.12. The second kappa shape index (κ2) is 11.7. The maximum Gasteiger partial charge on any atom is 0.410 e. The van der Waals surface area contributed by atoms with Crippen molar-refractivity contribution >= 4 is 29.5 Å². The Morgan fingerprint density at radius 1 is 1.24 bits per heavy atom. The minimum absolute atomic E-state index is 0.0723. The number of ether oxygens (including phenoxy) is 1. The third-order valence-corrected chi connectivity index (χ3v) is 7.44. The number of carbonyl (C=O) groups is 1. The SMILES string of the molecule is C\C=C/N=C1/C(=C\C)C(Cn2cncc2C)=Cc2cc(Cl)ccc2C1C1CCN(C(=O)OC(C)(C)C)CC1. The zero-order valence-electron chi connectivity index (χ0n) is 23.4. The lowest BCUT2D eigenvalue weighted by atomic mass is 9.74. The number of amides is 1. The van der Waals surface area contributed by atoms with Crippen molar-refractivity contribution in [3.05, 3.63) is 82.1 Å².